The number of anilines is 2. The van der Waals surface area contributed by atoms with Crippen LogP contribution in [0.3, 0.4) is 0 Å². The number of esters is 1. The molecular weight excluding hydrogens is 280 g/mol. The van der Waals surface area contributed by atoms with Gasteiger partial charge in [0.15, 0.2) is 0 Å². The fourth-order valence-electron chi connectivity index (χ4n) is 2.56. The minimum atomic E-state index is -0.396. The van der Waals surface area contributed by atoms with Crippen molar-refractivity contribution in [2.45, 2.75) is 33.1 Å². The van der Waals surface area contributed by atoms with Gasteiger partial charge >= 0.3 is 5.97 Å². The summed E-state index contributed by atoms with van der Waals surface area (Å²) >= 11 is 0. The molecule has 0 radical (unpaired) electrons. The van der Waals surface area contributed by atoms with Crippen LogP contribution in [0.1, 0.15) is 43.5 Å². The second-order valence-corrected chi connectivity index (χ2v) is 5.72. The average molecular weight is 304 g/mol. The maximum absolute atomic E-state index is 12.2. The topological polar surface area (TPSA) is 58.6 Å². The molecule has 1 aromatic carbocycles. The lowest BCUT2D eigenvalue weighted by molar-refractivity contribution is -0.119. The summed E-state index contributed by atoms with van der Waals surface area (Å²) in [5.74, 6) is -0.481. The average Bonchev–Trinajstić information content (AvgIpc) is 3.07. The van der Waals surface area contributed by atoms with Crippen LogP contribution in [-0.4, -0.2) is 32.1 Å². The number of methoxy groups -OCH3 is 1. The van der Waals surface area contributed by atoms with Gasteiger partial charge in [0, 0.05) is 19.0 Å². The van der Waals surface area contributed by atoms with Crippen LogP contribution in [0.25, 0.3) is 0 Å². The van der Waals surface area contributed by atoms with Gasteiger partial charge in [0.25, 0.3) is 0 Å². The van der Waals surface area contributed by atoms with Gasteiger partial charge in [0.1, 0.15) is 0 Å². The molecule has 1 aliphatic heterocycles. The molecule has 5 heteroatoms. The molecule has 1 atom stereocenters. The molecule has 1 saturated heterocycles. The summed E-state index contributed by atoms with van der Waals surface area (Å²) in [6.07, 6.45) is 3.08. The van der Waals surface area contributed by atoms with Crippen molar-refractivity contribution >= 4 is 23.3 Å². The normalized spacial score (nSPS) is 15.5. The third-order valence-corrected chi connectivity index (χ3v) is 4.18. The lowest BCUT2D eigenvalue weighted by atomic mass is 10.1. The van der Waals surface area contributed by atoms with Crippen molar-refractivity contribution in [1.29, 1.82) is 0 Å². The first-order valence-electron chi connectivity index (χ1n) is 7.85. The van der Waals surface area contributed by atoms with Crippen LogP contribution in [-0.2, 0) is 9.53 Å². The van der Waals surface area contributed by atoms with Crippen molar-refractivity contribution in [3.8, 4) is 0 Å². The maximum atomic E-state index is 12.2. The van der Waals surface area contributed by atoms with Gasteiger partial charge in [-0.15, -0.1) is 0 Å². The molecule has 0 bridgehead atoms. The molecule has 0 spiro atoms. The molecule has 5 nitrogen and oxygen atoms in total. The Labute approximate surface area is 131 Å². The van der Waals surface area contributed by atoms with E-state index in [1.807, 2.05) is 19.9 Å². The second-order valence-electron chi connectivity index (χ2n) is 5.72. The predicted molar refractivity (Wildman–Crippen MR) is 87.3 cm³/mol. The van der Waals surface area contributed by atoms with Crippen LogP contribution in [0.4, 0.5) is 11.4 Å². The van der Waals surface area contributed by atoms with Crippen molar-refractivity contribution in [2.24, 2.45) is 5.92 Å². The third kappa shape index (κ3) is 3.59. The zero-order valence-electron chi connectivity index (χ0n) is 13.5. The van der Waals surface area contributed by atoms with E-state index in [-0.39, 0.29) is 11.8 Å². The lowest BCUT2D eigenvalue weighted by Crippen LogP contribution is -2.24. The van der Waals surface area contributed by atoms with Crippen molar-refractivity contribution in [3.05, 3.63) is 23.8 Å². The van der Waals surface area contributed by atoms with Crippen molar-refractivity contribution < 1.29 is 14.3 Å². The van der Waals surface area contributed by atoms with Gasteiger partial charge in [0.2, 0.25) is 5.91 Å². The quantitative estimate of drug-likeness (QED) is 0.849. The van der Waals surface area contributed by atoms with E-state index in [9.17, 15) is 9.59 Å². The first-order chi connectivity index (χ1) is 10.6. The summed E-state index contributed by atoms with van der Waals surface area (Å²) in [5, 5.41) is 2.97. The Morgan fingerprint density at radius 3 is 2.59 bits per heavy atom. The Morgan fingerprint density at radius 2 is 2.00 bits per heavy atom. The minimum absolute atomic E-state index is 0.0232. The summed E-state index contributed by atoms with van der Waals surface area (Å²) in [6.45, 7) is 5.83. The van der Waals surface area contributed by atoms with E-state index in [0.29, 0.717) is 11.3 Å². The van der Waals surface area contributed by atoms with E-state index in [2.05, 4.69) is 10.2 Å². The van der Waals surface area contributed by atoms with Gasteiger partial charge in [0.05, 0.1) is 24.0 Å². The van der Waals surface area contributed by atoms with Gasteiger partial charge in [-0.05, 0) is 37.5 Å². The Kier molecular flexibility index (Phi) is 5.41. The smallest absolute Gasteiger partial charge is 0.337 e. The van der Waals surface area contributed by atoms with Crippen LogP contribution in [0, 0.1) is 5.92 Å². The summed E-state index contributed by atoms with van der Waals surface area (Å²) in [4.78, 5) is 26.2. The van der Waals surface area contributed by atoms with Crippen molar-refractivity contribution in [2.75, 3.05) is 30.4 Å². The van der Waals surface area contributed by atoms with Crippen molar-refractivity contribution in [3.63, 3.8) is 0 Å². The van der Waals surface area contributed by atoms with Gasteiger partial charge in [-0.25, -0.2) is 4.79 Å². The van der Waals surface area contributed by atoms with E-state index < -0.39 is 5.97 Å². The number of ether oxygens (including phenoxy) is 1. The van der Waals surface area contributed by atoms with E-state index >= 15 is 0 Å². The zero-order chi connectivity index (χ0) is 16.1. The molecule has 1 heterocycles. The number of carbonyl (C=O) groups is 2. The van der Waals surface area contributed by atoms with E-state index in [4.69, 9.17) is 4.74 Å². The van der Waals surface area contributed by atoms with Gasteiger partial charge in [-0.1, -0.05) is 13.8 Å². The molecule has 22 heavy (non-hydrogen) atoms. The third-order valence-electron chi connectivity index (χ3n) is 4.18. The maximum Gasteiger partial charge on any atom is 0.337 e. The Morgan fingerprint density at radius 1 is 1.32 bits per heavy atom. The van der Waals surface area contributed by atoms with Gasteiger partial charge in [-0.2, -0.15) is 0 Å². The lowest BCUT2D eigenvalue weighted by Gasteiger charge is -2.23. The van der Waals surface area contributed by atoms with E-state index in [1.165, 1.54) is 7.11 Å². The Bertz CT molecular complexity index is 551. The first kappa shape index (κ1) is 16.3. The summed E-state index contributed by atoms with van der Waals surface area (Å²) in [5.41, 5.74) is 2.11. The number of nitrogens with one attached hydrogen (secondary N) is 1. The molecule has 0 saturated carbocycles. The standard InChI is InChI=1S/C17H24N2O3/c1-4-12(2)16(20)18-14-11-13(17(21)22-3)7-8-15(14)19-9-5-6-10-19/h7-8,11-12H,4-6,9-10H2,1-3H3,(H,18,20). The number of rotatable bonds is 5. The van der Waals surface area contributed by atoms with E-state index in [0.717, 1.165) is 38.0 Å². The van der Waals surface area contributed by atoms with Crippen LogP contribution < -0.4 is 10.2 Å². The highest BCUT2D eigenvalue weighted by atomic mass is 16.5. The molecule has 1 aliphatic rings. The molecule has 2 rings (SSSR count). The number of benzene rings is 1. The first-order valence-corrected chi connectivity index (χ1v) is 7.85. The molecule has 120 valence electrons. The predicted octanol–water partition coefficient (Wildman–Crippen LogP) is 3.06. The van der Waals surface area contributed by atoms with Crippen molar-refractivity contribution in [1.82, 2.24) is 0 Å². The SMILES string of the molecule is CCC(C)C(=O)Nc1cc(C(=O)OC)ccc1N1CCCC1. The fourth-order valence-corrected chi connectivity index (χ4v) is 2.56. The highest BCUT2D eigenvalue weighted by Gasteiger charge is 2.20. The Hall–Kier alpha value is -2.04. The van der Waals surface area contributed by atoms with Crippen LogP contribution in [0.5, 0.6) is 0 Å². The largest absolute Gasteiger partial charge is 0.465 e. The number of carbonyl (C=O) groups excluding carboxylic acids is 2. The highest BCUT2D eigenvalue weighted by molar-refractivity contribution is 5.98. The zero-order valence-corrected chi connectivity index (χ0v) is 13.5. The molecule has 1 N–H and O–H groups in total. The van der Waals surface area contributed by atoms with Crippen LogP contribution >= 0.6 is 0 Å². The molecule has 0 aromatic heterocycles. The molecular formula is C17H24N2O3. The monoisotopic (exact) mass is 304 g/mol. The van der Waals surface area contributed by atoms with Gasteiger partial charge in [-0.3, -0.25) is 4.79 Å². The van der Waals surface area contributed by atoms with Crippen LogP contribution in [0.15, 0.2) is 18.2 Å². The number of hydrogen-bond donors (Lipinski definition) is 1. The molecule has 1 unspecified atom stereocenters. The summed E-state index contributed by atoms with van der Waals surface area (Å²) in [7, 11) is 1.36. The molecule has 0 aliphatic carbocycles. The summed E-state index contributed by atoms with van der Waals surface area (Å²) < 4.78 is 4.76. The summed E-state index contributed by atoms with van der Waals surface area (Å²) in [6, 6.07) is 5.35. The van der Waals surface area contributed by atoms with E-state index in [1.54, 1.807) is 12.1 Å². The number of amides is 1. The molecule has 1 aromatic rings. The second kappa shape index (κ2) is 7.29. The molecule has 1 fully saturated rings. The molecule has 1 amide bonds. The number of nitrogens with zero attached hydrogens (tertiary/aromatic N) is 1. The minimum Gasteiger partial charge on any atom is -0.465 e. The number of hydrogen-bond acceptors (Lipinski definition) is 4. The van der Waals surface area contributed by atoms with Crippen LogP contribution in [0.2, 0.25) is 0 Å². The fraction of sp³-hybridized carbons (Fsp3) is 0.529. The highest BCUT2D eigenvalue weighted by Crippen LogP contribution is 2.30. The van der Waals surface area contributed by atoms with Gasteiger partial charge < -0.3 is 15.0 Å². The Balaban J connectivity index is 2.32.